The number of aryl methyl sites for hydroxylation is 2. The van der Waals surface area contributed by atoms with E-state index in [0.717, 1.165) is 17.8 Å². The second kappa shape index (κ2) is 4.86. The van der Waals surface area contributed by atoms with Crippen LogP contribution in [0.5, 0.6) is 0 Å². The number of hydrogen-bond acceptors (Lipinski definition) is 1. The lowest BCUT2D eigenvalue weighted by Crippen LogP contribution is -2.38. The number of hydrogen-bond donors (Lipinski definition) is 1. The summed E-state index contributed by atoms with van der Waals surface area (Å²) in [5.41, 5.74) is 5.27. The quantitative estimate of drug-likeness (QED) is 0.856. The van der Waals surface area contributed by atoms with Crippen molar-refractivity contribution >= 4 is 0 Å². The van der Waals surface area contributed by atoms with Crippen molar-refractivity contribution in [2.75, 3.05) is 5.43 Å². The lowest BCUT2D eigenvalue weighted by molar-refractivity contribution is -0.182. The average Bonchev–Trinajstić information content (AvgIpc) is 2.60. The number of nitrogens with one attached hydrogen (secondary N) is 1. The highest BCUT2D eigenvalue weighted by Crippen LogP contribution is 2.37. The molecule has 102 valence electrons. The van der Waals surface area contributed by atoms with Crippen LogP contribution < -0.4 is 5.43 Å². The van der Waals surface area contributed by atoms with Crippen LogP contribution in [0.25, 0.3) is 0 Å². The Labute approximate surface area is 105 Å². The van der Waals surface area contributed by atoms with Gasteiger partial charge in [0.15, 0.2) is 0 Å². The molecule has 0 radical (unpaired) electrons. The summed E-state index contributed by atoms with van der Waals surface area (Å²) in [5.74, 6) is -1.15. The van der Waals surface area contributed by atoms with Crippen molar-refractivity contribution in [1.29, 1.82) is 0 Å². The van der Waals surface area contributed by atoms with Gasteiger partial charge in [0.25, 0.3) is 0 Å². The van der Waals surface area contributed by atoms with Crippen molar-refractivity contribution in [3.63, 3.8) is 0 Å². The van der Waals surface area contributed by atoms with Crippen molar-refractivity contribution in [3.05, 3.63) is 23.5 Å². The first-order valence-electron chi connectivity index (χ1n) is 6.36. The van der Waals surface area contributed by atoms with Gasteiger partial charge in [-0.15, -0.1) is 0 Å². The van der Waals surface area contributed by atoms with Gasteiger partial charge in [0.2, 0.25) is 0 Å². The first-order valence-corrected chi connectivity index (χ1v) is 6.36. The molecule has 2 atom stereocenters. The number of alkyl halides is 3. The summed E-state index contributed by atoms with van der Waals surface area (Å²) in [6.45, 7) is 3.90. The first-order chi connectivity index (χ1) is 8.38. The number of halogens is 3. The summed E-state index contributed by atoms with van der Waals surface area (Å²) in [7, 11) is 0. The van der Waals surface area contributed by atoms with E-state index in [1.807, 2.05) is 30.7 Å². The summed E-state index contributed by atoms with van der Waals surface area (Å²) in [6, 6.07) is 3.84. The molecule has 2 rings (SSSR count). The number of aromatic nitrogens is 1. The maximum atomic E-state index is 12.7. The molecule has 2 unspecified atom stereocenters. The molecule has 1 aromatic rings. The van der Waals surface area contributed by atoms with E-state index in [-0.39, 0.29) is 18.9 Å². The van der Waals surface area contributed by atoms with Gasteiger partial charge in [-0.05, 0) is 45.2 Å². The van der Waals surface area contributed by atoms with Gasteiger partial charge >= 0.3 is 6.18 Å². The predicted molar refractivity (Wildman–Crippen MR) is 65.1 cm³/mol. The summed E-state index contributed by atoms with van der Waals surface area (Å²) in [5, 5.41) is 0. The maximum absolute atomic E-state index is 12.7. The van der Waals surface area contributed by atoms with Crippen LogP contribution >= 0.6 is 0 Å². The third-order valence-electron chi connectivity index (χ3n) is 3.72. The fraction of sp³-hybridized carbons (Fsp3) is 0.692. The Balaban J connectivity index is 2.02. The van der Waals surface area contributed by atoms with Gasteiger partial charge in [-0.2, -0.15) is 13.2 Å². The third-order valence-corrected chi connectivity index (χ3v) is 3.72. The van der Waals surface area contributed by atoms with Crippen LogP contribution in [0.2, 0.25) is 0 Å². The van der Waals surface area contributed by atoms with Crippen molar-refractivity contribution in [1.82, 2.24) is 4.68 Å². The molecule has 0 aliphatic heterocycles. The lowest BCUT2D eigenvalue weighted by atomic mass is 9.85. The minimum absolute atomic E-state index is 0.0878. The minimum atomic E-state index is -4.05. The fourth-order valence-electron chi connectivity index (χ4n) is 2.66. The zero-order chi connectivity index (χ0) is 13.3. The zero-order valence-corrected chi connectivity index (χ0v) is 10.7. The summed E-state index contributed by atoms with van der Waals surface area (Å²) in [6.07, 6.45) is -2.15. The summed E-state index contributed by atoms with van der Waals surface area (Å²) in [4.78, 5) is 0. The predicted octanol–water partition coefficient (Wildman–Crippen LogP) is 3.77. The molecule has 5 heteroatoms. The highest BCUT2D eigenvalue weighted by molar-refractivity contribution is 5.16. The maximum Gasteiger partial charge on any atom is 0.391 e. The average molecular weight is 260 g/mol. The molecule has 0 amide bonds. The van der Waals surface area contributed by atoms with Crippen molar-refractivity contribution < 1.29 is 13.2 Å². The van der Waals surface area contributed by atoms with Crippen molar-refractivity contribution in [3.8, 4) is 0 Å². The molecule has 1 aliphatic carbocycles. The highest BCUT2D eigenvalue weighted by atomic mass is 19.4. The second-order valence-corrected chi connectivity index (χ2v) is 5.18. The molecule has 1 heterocycles. The van der Waals surface area contributed by atoms with Gasteiger partial charge in [0.1, 0.15) is 0 Å². The molecule has 0 saturated heterocycles. The van der Waals surface area contributed by atoms with Gasteiger partial charge in [-0.25, -0.2) is 0 Å². The lowest BCUT2D eigenvalue weighted by Gasteiger charge is -2.32. The first kappa shape index (κ1) is 13.3. The Bertz CT molecular complexity index is 389. The van der Waals surface area contributed by atoms with Crippen LogP contribution in [0, 0.1) is 19.8 Å². The van der Waals surface area contributed by atoms with E-state index < -0.39 is 12.1 Å². The van der Waals surface area contributed by atoms with Crippen molar-refractivity contribution in [2.45, 2.75) is 51.7 Å². The zero-order valence-electron chi connectivity index (χ0n) is 10.7. The Kier molecular flexibility index (Phi) is 3.59. The van der Waals surface area contributed by atoms with E-state index in [0.29, 0.717) is 6.42 Å². The molecule has 1 N–H and O–H groups in total. The van der Waals surface area contributed by atoms with Gasteiger partial charge in [-0.1, -0.05) is 6.42 Å². The third kappa shape index (κ3) is 2.82. The van der Waals surface area contributed by atoms with Crippen LogP contribution in [-0.2, 0) is 0 Å². The fourth-order valence-corrected chi connectivity index (χ4v) is 2.66. The SMILES string of the molecule is Cc1ccc(C)n1NC1CCCC(C(F)(F)F)C1. The van der Waals surface area contributed by atoms with E-state index in [1.165, 1.54) is 0 Å². The Morgan fingerprint density at radius 3 is 2.33 bits per heavy atom. The standard InChI is InChI=1S/C13H19F3N2/c1-9-6-7-10(2)18(9)17-12-5-3-4-11(8-12)13(14,15)16/h6-7,11-12,17H,3-5,8H2,1-2H3. The molecular weight excluding hydrogens is 241 g/mol. The van der Waals surface area contributed by atoms with Gasteiger partial charge in [0.05, 0.1) is 5.92 Å². The highest BCUT2D eigenvalue weighted by Gasteiger charge is 2.42. The molecule has 1 aliphatic rings. The monoisotopic (exact) mass is 260 g/mol. The summed E-state index contributed by atoms with van der Waals surface area (Å²) < 4.78 is 40.0. The van der Waals surface area contributed by atoms with Crippen molar-refractivity contribution in [2.24, 2.45) is 5.92 Å². The molecule has 18 heavy (non-hydrogen) atoms. The largest absolute Gasteiger partial charge is 0.391 e. The minimum Gasteiger partial charge on any atom is -0.323 e. The van der Waals surface area contributed by atoms with E-state index in [1.54, 1.807) is 0 Å². The molecule has 0 aromatic carbocycles. The van der Waals surface area contributed by atoms with Crippen LogP contribution in [0.3, 0.4) is 0 Å². The summed E-state index contributed by atoms with van der Waals surface area (Å²) >= 11 is 0. The Morgan fingerprint density at radius 2 is 1.78 bits per heavy atom. The molecular formula is C13H19F3N2. The van der Waals surface area contributed by atoms with Gasteiger partial charge in [0, 0.05) is 17.4 Å². The van der Waals surface area contributed by atoms with E-state index in [2.05, 4.69) is 5.43 Å². The smallest absolute Gasteiger partial charge is 0.323 e. The van der Waals surface area contributed by atoms with E-state index >= 15 is 0 Å². The van der Waals surface area contributed by atoms with Crippen LogP contribution in [0.15, 0.2) is 12.1 Å². The number of rotatable bonds is 2. The second-order valence-electron chi connectivity index (χ2n) is 5.18. The van der Waals surface area contributed by atoms with E-state index in [4.69, 9.17) is 0 Å². The number of nitrogens with zero attached hydrogens (tertiary/aromatic N) is 1. The van der Waals surface area contributed by atoms with Gasteiger partial charge in [-0.3, -0.25) is 4.68 Å². The Morgan fingerprint density at radius 1 is 1.17 bits per heavy atom. The molecule has 1 saturated carbocycles. The van der Waals surface area contributed by atoms with Crippen LogP contribution in [-0.4, -0.2) is 16.9 Å². The molecule has 1 fully saturated rings. The van der Waals surface area contributed by atoms with Gasteiger partial charge < -0.3 is 5.43 Å². The van der Waals surface area contributed by atoms with Crippen LogP contribution in [0.1, 0.15) is 37.1 Å². The molecule has 1 aromatic heterocycles. The van der Waals surface area contributed by atoms with Crippen LogP contribution in [0.4, 0.5) is 13.2 Å². The molecule has 0 spiro atoms. The molecule has 0 bridgehead atoms. The Hall–Kier alpha value is -1.13. The molecule has 2 nitrogen and oxygen atoms in total. The van der Waals surface area contributed by atoms with E-state index in [9.17, 15) is 13.2 Å². The normalized spacial score (nSPS) is 25.2. The topological polar surface area (TPSA) is 17.0 Å².